The number of hydrogen-bond acceptors (Lipinski definition) is 5. The third kappa shape index (κ3) is 4.16. The Morgan fingerprint density at radius 3 is 2.26 bits per heavy atom. The number of carbonyl (C=O) groups is 1. The van der Waals surface area contributed by atoms with E-state index in [9.17, 15) is 13.2 Å². The minimum atomic E-state index is -3.28. The van der Waals surface area contributed by atoms with Crippen molar-refractivity contribution < 1.29 is 13.2 Å². The van der Waals surface area contributed by atoms with E-state index in [0.29, 0.717) is 18.0 Å². The summed E-state index contributed by atoms with van der Waals surface area (Å²) in [5, 5.41) is -0.458. The van der Waals surface area contributed by atoms with Crippen LogP contribution in [0.3, 0.4) is 0 Å². The number of benzene rings is 1. The quantitative estimate of drug-likeness (QED) is 0.773. The molecule has 1 aromatic heterocycles. The number of hydrogen-bond donors (Lipinski definition) is 0. The number of aryl methyl sites for hydroxylation is 1. The molecule has 27 heavy (non-hydrogen) atoms. The molecule has 1 saturated heterocycles. The molecule has 0 unspecified atom stereocenters. The summed E-state index contributed by atoms with van der Waals surface area (Å²) < 4.78 is 26.3. The van der Waals surface area contributed by atoms with Gasteiger partial charge in [-0.25, -0.2) is 13.4 Å². The summed E-state index contributed by atoms with van der Waals surface area (Å²) in [5.41, 5.74) is 0.828. The van der Waals surface area contributed by atoms with Gasteiger partial charge in [0, 0.05) is 45.6 Å². The summed E-state index contributed by atoms with van der Waals surface area (Å²) in [6.07, 6.45) is 3.97. The van der Waals surface area contributed by atoms with Gasteiger partial charge in [0.15, 0.2) is 9.84 Å². The highest BCUT2D eigenvalue weighted by atomic mass is 32.2. The van der Waals surface area contributed by atoms with Crippen LogP contribution in [0.5, 0.6) is 0 Å². The Kier molecular flexibility index (Phi) is 5.55. The van der Waals surface area contributed by atoms with Crippen molar-refractivity contribution in [1.29, 1.82) is 0 Å². The van der Waals surface area contributed by atoms with Crippen molar-refractivity contribution >= 4 is 21.7 Å². The molecular formula is C19H26N4O3S. The van der Waals surface area contributed by atoms with Crippen LogP contribution in [0.4, 0.5) is 5.95 Å². The molecule has 1 aliphatic rings. The lowest BCUT2D eigenvalue weighted by Crippen LogP contribution is -2.49. The van der Waals surface area contributed by atoms with Crippen LogP contribution in [-0.4, -0.2) is 60.2 Å². The van der Waals surface area contributed by atoms with E-state index < -0.39 is 15.1 Å². The average molecular weight is 391 g/mol. The van der Waals surface area contributed by atoms with Gasteiger partial charge in [0.2, 0.25) is 11.9 Å². The van der Waals surface area contributed by atoms with Gasteiger partial charge in [-0.05, 0) is 31.5 Å². The Balaban J connectivity index is 1.58. The molecule has 1 fully saturated rings. The molecule has 7 nitrogen and oxygen atoms in total. The van der Waals surface area contributed by atoms with Crippen molar-refractivity contribution in [2.45, 2.75) is 30.4 Å². The highest BCUT2D eigenvalue weighted by Crippen LogP contribution is 2.18. The van der Waals surface area contributed by atoms with E-state index in [2.05, 4.69) is 9.88 Å². The topological polar surface area (TPSA) is 75.5 Å². The van der Waals surface area contributed by atoms with Crippen molar-refractivity contribution in [2.24, 2.45) is 7.05 Å². The summed E-state index contributed by atoms with van der Waals surface area (Å²) in [7, 11) is -1.32. The van der Waals surface area contributed by atoms with Crippen molar-refractivity contribution in [3.63, 3.8) is 0 Å². The second-order valence-electron chi connectivity index (χ2n) is 7.12. The average Bonchev–Trinajstić information content (AvgIpc) is 3.08. The predicted molar refractivity (Wildman–Crippen MR) is 104 cm³/mol. The summed E-state index contributed by atoms with van der Waals surface area (Å²) >= 11 is 0. The predicted octanol–water partition coefficient (Wildman–Crippen LogP) is 1.49. The lowest BCUT2D eigenvalue weighted by molar-refractivity contribution is -0.130. The number of aromatic nitrogens is 2. The van der Waals surface area contributed by atoms with Gasteiger partial charge in [-0.1, -0.05) is 12.1 Å². The maximum atomic E-state index is 12.6. The van der Waals surface area contributed by atoms with Gasteiger partial charge in [-0.2, -0.15) is 0 Å². The standard InChI is InChI=1S/C19H26N4O3S/c1-15(2)27(25,26)17-6-4-16(5-7-17)14-18(24)22-10-12-23(13-11-22)19-20-8-9-21(19)3/h4-9,15H,10-14H2,1-3H3. The Hall–Kier alpha value is -2.35. The molecule has 1 aliphatic heterocycles. The summed E-state index contributed by atoms with van der Waals surface area (Å²) in [5.74, 6) is 0.984. The number of piperazine rings is 1. The molecular weight excluding hydrogens is 364 g/mol. The largest absolute Gasteiger partial charge is 0.339 e. The van der Waals surface area contributed by atoms with Gasteiger partial charge in [-0.15, -0.1) is 0 Å². The van der Waals surface area contributed by atoms with Crippen LogP contribution in [0.1, 0.15) is 19.4 Å². The molecule has 8 heteroatoms. The lowest BCUT2D eigenvalue weighted by atomic mass is 10.1. The number of sulfone groups is 1. The molecule has 2 aromatic rings. The Bertz CT molecular complexity index is 895. The van der Waals surface area contributed by atoms with Gasteiger partial charge < -0.3 is 14.4 Å². The van der Waals surface area contributed by atoms with E-state index >= 15 is 0 Å². The number of nitrogens with zero attached hydrogens (tertiary/aromatic N) is 4. The van der Waals surface area contributed by atoms with Crippen LogP contribution >= 0.6 is 0 Å². The van der Waals surface area contributed by atoms with E-state index in [1.54, 1.807) is 44.3 Å². The highest BCUT2D eigenvalue weighted by molar-refractivity contribution is 7.92. The van der Waals surface area contributed by atoms with E-state index in [1.807, 2.05) is 22.7 Å². The molecule has 2 heterocycles. The molecule has 0 saturated carbocycles. The normalized spacial score (nSPS) is 15.4. The molecule has 1 aromatic carbocycles. The minimum Gasteiger partial charge on any atom is -0.339 e. The third-order valence-corrected chi connectivity index (χ3v) is 7.11. The fourth-order valence-corrected chi connectivity index (χ4v) is 4.23. The number of carbonyl (C=O) groups excluding carboxylic acids is 1. The second-order valence-corrected chi connectivity index (χ2v) is 9.62. The van der Waals surface area contributed by atoms with E-state index in [-0.39, 0.29) is 12.3 Å². The van der Waals surface area contributed by atoms with Crippen molar-refractivity contribution in [1.82, 2.24) is 14.5 Å². The number of amides is 1. The van der Waals surface area contributed by atoms with E-state index in [1.165, 1.54) is 0 Å². The fourth-order valence-electron chi connectivity index (χ4n) is 3.17. The number of imidazole rings is 1. The van der Waals surface area contributed by atoms with Gasteiger partial charge >= 0.3 is 0 Å². The molecule has 0 bridgehead atoms. The second kappa shape index (κ2) is 7.72. The Labute approximate surface area is 160 Å². The molecule has 0 N–H and O–H groups in total. The van der Waals surface area contributed by atoms with Gasteiger partial charge in [0.05, 0.1) is 16.6 Å². The zero-order chi connectivity index (χ0) is 19.6. The first kappa shape index (κ1) is 19.4. The summed E-state index contributed by atoms with van der Waals surface area (Å²) in [6.45, 7) is 6.15. The van der Waals surface area contributed by atoms with Crippen LogP contribution in [0, 0.1) is 0 Å². The monoisotopic (exact) mass is 390 g/mol. The van der Waals surface area contributed by atoms with E-state index in [0.717, 1.165) is 24.6 Å². The molecule has 0 radical (unpaired) electrons. The maximum absolute atomic E-state index is 12.6. The first-order chi connectivity index (χ1) is 12.8. The van der Waals surface area contributed by atoms with Crippen LogP contribution in [0.15, 0.2) is 41.6 Å². The Morgan fingerprint density at radius 2 is 1.74 bits per heavy atom. The zero-order valence-corrected chi connectivity index (χ0v) is 16.8. The SMILES string of the molecule is CC(C)S(=O)(=O)c1ccc(CC(=O)N2CCN(c3nccn3C)CC2)cc1. The number of rotatable bonds is 5. The zero-order valence-electron chi connectivity index (χ0n) is 16.0. The smallest absolute Gasteiger partial charge is 0.227 e. The molecule has 0 spiro atoms. The first-order valence-electron chi connectivity index (χ1n) is 9.12. The Morgan fingerprint density at radius 1 is 1.11 bits per heavy atom. The van der Waals surface area contributed by atoms with Crippen molar-refractivity contribution in [3.05, 3.63) is 42.2 Å². The molecule has 0 aliphatic carbocycles. The highest BCUT2D eigenvalue weighted by Gasteiger charge is 2.23. The first-order valence-corrected chi connectivity index (χ1v) is 10.7. The molecule has 146 valence electrons. The van der Waals surface area contributed by atoms with Crippen molar-refractivity contribution in [2.75, 3.05) is 31.1 Å². The molecule has 3 rings (SSSR count). The lowest BCUT2D eigenvalue weighted by Gasteiger charge is -2.35. The maximum Gasteiger partial charge on any atom is 0.227 e. The van der Waals surface area contributed by atoms with Crippen molar-refractivity contribution in [3.8, 4) is 0 Å². The van der Waals surface area contributed by atoms with E-state index in [4.69, 9.17) is 0 Å². The van der Waals surface area contributed by atoms with Crippen LogP contribution in [-0.2, 0) is 28.1 Å². The van der Waals surface area contributed by atoms with Crippen LogP contribution in [0.2, 0.25) is 0 Å². The third-order valence-electron chi connectivity index (χ3n) is 4.94. The summed E-state index contributed by atoms with van der Waals surface area (Å²) in [6, 6.07) is 6.66. The van der Waals surface area contributed by atoms with Gasteiger partial charge in [-0.3, -0.25) is 4.79 Å². The van der Waals surface area contributed by atoms with Crippen LogP contribution < -0.4 is 4.90 Å². The summed E-state index contributed by atoms with van der Waals surface area (Å²) in [4.78, 5) is 21.3. The van der Waals surface area contributed by atoms with Crippen LogP contribution in [0.25, 0.3) is 0 Å². The molecule has 1 amide bonds. The fraction of sp³-hybridized carbons (Fsp3) is 0.474. The minimum absolute atomic E-state index is 0.0638. The van der Waals surface area contributed by atoms with Gasteiger partial charge in [0.25, 0.3) is 0 Å². The van der Waals surface area contributed by atoms with Gasteiger partial charge in [0.1, 0.15) is 0 Å². The molecule has 0 atom stereocenters. The number of anilines is 1.